The summed E-state index contributed by atoms with van der Waals surface area (Å²) in [6.45, 7) is 8.23. The molecular formula is C37H34O6. The monoisotopic (exact) mass is 574 g/mol. The molecule has 1 aliphatic rings. The lowest BCUT2D eigenvalue weighted by Crippen LogP contribution is -2.28. The Morgan fingerprint density at radius 3 is 1.35 bits per heavy atom. The van der Waals surface area contributed by atoms with Gasteiger partial charge in [-0.15, -0.1) is 0 Å². The third-order valence-corrected chi connectivity index (χ3v) is 7.46. The van der Waals surface area contributed by atoms with Crippen molar-refractivity contribution >= 4 is 11.9 Å². The molecule has 5 rings (SSSR count). The van der Waals surface area contributed by atoms with Gasteiger partial charge in [-0.1, -0.05) is 86.0 Å². The minimum atomic E-state index is -0.540. The fourth-order valence-corrected chi connectivity index (χ4v) is 5.59. The summed E-state index contributed by atoms with van der Waals surface area (Å²) in [7, 11) is 0. The molecule has 0 saturated carbocycles. The van der Waals surface area contributed by atoms with Crippen LogP contribution in [0.5, 0.6) is 11.5 Å². The van der Waals surface area contributed by atoms with Crippen LogP contribution in [0.2, 0.25) is 0 Å². The smallest absolute Gasteiger partial charge is 0.330 e. The fourth-order valence-electron chi connectivity index (χ4n) is 5.59. The molecule has 0 heterocycles. The summed E-state index contributed by atoms with van der Waals surface area (Å²) in [5, 5.41) is 0. The van der Waals surface area contributed by atoms with E-state index in [9.17, 15) is 9.59 Å². The Morgan fingerprint density at radius 1 is 0.558 bits per heavy atom. The molecule has 0 amide bonds. The summed E-state index contributed by atoms with van der Waals surface area (Å²) in [6.07, 6.45) is 3.48. The summed E-state index contributed by atoms with van der Waals surface area (Å²) < 4.78 is 21.9. The molecule has 43 heavy (non-hydrogen) atoms. The van der Waals surface area contributed by atoms with Gasteiger partial charge in [0.1, 0.15) is 11.5 Å². The van der Waals surface area contributed by atoms with Gasteiger partial charge in [-0.2, -0.15) is 0 Å². The lowest BCUT2D eigenvalue weighted by molar-refractivity contribution is -0.138. The van der Waals surface area contributed by atoms with Crippen molar-refractivity contribution in [1.82, 2.24) is 0 Å². The van der Waals surface area contributed by atoms with E-state index < -0.39 is 17.4 Å². The van der Waals surface area contributed by atoms with E-state index in [4.69, 9.17) is 18.9 Å². The van der Waals surface area contributed by atoms with Gasteiger partial charge in [-0.05, 0) is 57.6 Å². The zero-order valence-corrected chi connectivity index (χ0v) is 24.0. The van der Waals surface area contributed by atoms with Crippen LogP contribution in [-0.4, -0.2) is 38.4 Å². The molecule has 4 aromatic carbocycles. The van der Waals surface area contributed by atoms with E-state index in [1.807, 2.05) is 24.3 Å². The third kappa shape index (κ3) is 6.24. The maximum Gasteiger partial charge on any atom is 0.330 e. The minimum absolute atomic E-state index is 0.280. The fraction of sp³-hybridized carbons (Fsp3) is 0.189. The zero-order valence-electron chi connectivity index (χ0n) is 24.0. The van der Waals surface area contributed by atoms with Crippen LogP contribution >= 0.6 is 0 Å². The maximum absolute atomic E-state index is 11.2. The Hall–Kier alpha value is -5.10. The molecule has 218 valence electrons. The number of fused-ring (bicyclic) bond motifs is 3. The molecular weight excluding hydrogens is 540 g/mol. The van der Waals surface area contributed by atoms with Crippen molar-refractivity contribution in [3.05, 3.63) is 145 Å². The van der Waals surface area contributed by atoms with Gasteiger partial charge in [-0.3, -0.25) is 0 Å². The van der Waals surface area contributed by atoms with Crippen molar-refractivity contribution in [2.24, 2.45) is 0 Å². The molecule has 0 aromatic heterocycles. The van der Waals surface area contributed by atoms with Gasteiger partial charge in [0.05, 0.1) is 31.8 Å². The maximum atomic E-state index is 11.2. The lowest BCUT2D eigenvalue weighted by Gasteiger charge is -2.34. The Kier molecular flexibility index (Phi) is 9.37. The molecule has 1 aliphatic carbocycles. The summed E-state index contributed by atoms with van der Waals surface area (Å²) in [5.41, 5.74) is 6.55. The van der Waals surface area contributed by atoms with E-state index >= 15 is 0 Å². The van der Waals surface area contributed by atoms with Gasteiger partial charge in [0.2, 0.25) is 0 Å². The number of hydrogen-bond donors (Lipinski definition) is 0. The third-order valence-electron chi connectivity index (χ3n) is 7.46. The lowest BCUT2D eigenvalue weighted by atomic mass is 9.68. The van der Waals surface area contributed by atoms with E-state index in [0.29, 0.717) is 26.1 Å². The highest BCUT2D eigenvalue weighted by Crippen LogP contribution is 2.56. The molecule has 0 aliphatic heterocycles. The van der Waals surface area contributed by atoms with Crippen LogP contribution in [-0.2, 0) is 24.5 Å². The number of benzene rings is 4. The molecule has 0 radical (unpaired) electrons. The van der Waals surface area contributed by atoms with Gasteiger partial charge < -0.3 is 18.9 Å². The molecule has 0 saturated heterocycles. The summed E-state index contributed by atoms with van der Waals surface area (Å²) >= 11 is 0. The molecule has 0 bridgehead atoms. The van der Waals surface area contributed by atoms with Crippen LogP contribution < -0.4 is 9.47 Å². The van der Waals surface area contributed by atoms with E-state index in [2.05, 4.69) is 86.0 Å². The standard InChI is InChI=1S/C37H34O6/c1-3-35(38)42-25-9-23-40-29-19-15-27(16-20-29)37(33-13-7-5-11-31(33)32-12-6-8-14-34(32)37)28-17-21-30(22-18-28)41-24-10-26-43-36(39)4-2/h3-8,11-22H,1-2,9-10,23-26H2. The summed E-state index contributed by atoms with van der Waals surface area (Å²) in [4.78, 5) is 22.5. The topological polar surface area (TPSA) is 71.1 Å². The Morgan fingerprint density at radius 2 is 0.953 bits per heavy atom. The average molecular weight is 575 g/mol. The Balaban J connectivity index is 1.42. The highest BCUT2D eigenvalue weighted by Gasteiger charge is 2.45. The van der Waals surface area contributed by atoms with Crippen LogP contribution in [0.15, 0.2) is 122 Å². The van der Waals surface area contributed by atoms with Crippen molar-refractivity contribution < 1.29 is 28.5 Å². The van der Waals surface area contributed by atoms with Crippen molar-refractivity contribution in [3.63, 3.8) is 0 Å². The van der Waals surface area contributed by atoms with Crippen molar-refractivity contribution in [1.29, 1.82) is 0 Å². The average Bonchev–Trinajstić information content (AvgIpc) is 3.36. The van der Waals surface area contributed by atoms with Gasteiger partial charge in [-0.25, -0.2) is 9.59 Å². The number of esters is 2. The number of hydrogen-bond acceptors (Lipinski definition) is 6. The van der Waals surface area contributed by atoms with E-state index in [-0.39, 0.29) is 13.2 Å². The first-order valence-electron chi connectivity index (χ1n) is 14.3. The number of carbonyl (C=O) groups is 2. The molecule has 6 heteroatoms. The molecule has 0 spiro atoms. The van der Waals surface area contributed by atoms with Crippen molar-refractivity contribution in [2.75, 3.05) is 26.4 Å². The Labute approximate surface area is 252 Å². The molecule has 4 aromatic rings. The molecule has 0 N–H and O–H groups in total. The van der Waals surface area contributed by atoms with Crippen LogP contribution in [0, 0.1) is 0 Å². The predicted octanol–water partition coefficient (Wildman–Crippen LogP) is 7.05. The minimum Gasteiger partial charge on any atom is -0.493 e. The first-order chi connectivity index (χ1) is 21.1. The Bertz CT molecular complexity index is 1470. The van der Waals surface area contributed by atoms with E-state index in [1.54, 1.807) is 0 Å². The quantitative estimate of drug-likeness (QED) is 0.0805. The number of carbonyl (C=O) groups excluding carboxylic acids is 2. The zero-order chi connectivity index (χ0) is 30.1. The van der Waals surface area contributed by atoms with Gasteiger partial charge in [0, 0.05) is 25.0 Å². The first kappa shape index (κ1) is 29.4. The molecule has 6 nitrogen and oxygen atoms in total. The highest BCUT2D eigenvalue weighted by molar-refractivity contribution is 5.86. The predicted molar refractivity (Wildman–Crippen MR) is 166 cm³/mol. The van der Waals surface area contributed by atoms with Crippen molar-refractivity contribution in [3.8, 4) is 22.6 Å². The second-order valence-electron chi connectivity index (χ2n) is 10.0. The van der Waals surface area contributed by atoms with Crippen LogP contribution in [0.25, 0.3) is 11.1 Å². The summed E-state index contributed by atoms with van der Waals surface area (Å²) in [6, 6.07) is 33.6. The highest BCUT2D eigenvalue weighted by atomic mass is 16.5. The van der Waals surface area contributed by atoms with Crippen LogP contribution in [0.1, 0.15) is 35.1 Å². The number of rotatable bonds is 14. The SMILES string of the molecule is C=CC(=O)OCCCOc1ccc(C2(c3ccc(OCCCOC(=O)C=C)cc3)c3ccccc3-c3ccccc32)cc1. The van der Waals surface area contributed by atoms with E-state index in [0.717, 1.165) is 34.8 Å². The first-order valence-corrected chi connectivity index (χ1v) is 14.3. The molecule has 0 atom stereocenters. The van der Waals surface area contributed by atoms with Crippen LogP contribution in [0.3, 0.4) is 0 Å². The largest absolute Gasteiger partial charge is 0.493 e. The van der Waals surface area contributed by atoms with Crippen LogP contribution in [0.4, 0.5) is 0 Å². The normalized spacial score (nSPS) is 12.4. The second kappa shape index (κ2) is 13.7. The van der Waals surface area contributed by atoms with Gasteiger partial charge in [0.25, 0.3) is 0 Å². The number of ether oxygens (including phenoxy) is 4. The summed E-state index contributed by atoms with van der Waals surface area (Å²) in [5.74, 6) is 0.628. The van der Waals surface area contributed by atoms with Gasteiger partial charge in [0.15, 0.2) is 0 Å². The molecule has 0 unspecified atom stereocenters. The molecule has 0 fully saturated rings. The second-order valence-corrected chi connectivity index (χ2v) is 10.0. The van der Waals surface area contributed by atoms with Gasteiger partial charge >= 0.3 is 11.9 Å². The van der Waals surface area contributed by atoms with E-state index in [1.165, 1.54) is 22.3 Å². The van der Waals surface area contributed by atoms with Crippen molar-refractivity contribution in [2.45, 2.75) is 18.3 Å².